The second kappa shape index (κ2) is 8.32. The number of ketones is 1. The Bertz CT molecular complexity index is 911. The van der Waals surface area contributed by atoms with Crippen molar-refractivity contribution in [2.45, 2.75) is 6.61 Å². The fraction of sp³-hybridized carbons (Fsp3) is 0.0476. The van der Waals surface area contributed by atoms with Gasteiger partial charge in [0.25, 0.3) is 0 Å². The second-order valence-electron chi connectivity index (χ2n) is 5.57. The average Bonchev–Trinajstić information content (AvgIpc) is 2.69. The molecule has 0 radical (unpaired) electrons. The Balaban J connectivity index is 1.75. The zero-order chi connectivity index (χ0) is 18.4. The van der Waals surface area contributed by atoms with Crippen molar-refractivity contribution in [3.05, 3.63) is 101 Å². The van der Waals surface area contributed by atoms with Crippen LogP contribution in [0.25, 0.3) is 0 Å². The Labute approximate surface area is 156 Å². The van der Waals surface area contributed by atoms with Crippen molar-refractivity contribution >= 4 is 29.2 Å². The molecule has 0 saturated heterocycles. The monoisotopic (exact) mass is 365 g/mol. The highest BCUT2D eigenvalue weighted by molar-refractivity contribution is 6.31. The molecule has 130 valence electrons. The van der Waals surface area contributed by atoms with Crippen LogP contribution in [-0.4, -0.2) is 11.9 Å². The number of hydrogen-bond acceptors (Lipinski definition) is 3. The van der Waals surface area contributed by atoms with Crippen molar-refractivity contribution in [2.75, 3.05) is 5.32 Å². The Morgan fingerprint density at radius 1 is 0.885 bits per heavy atom. The summed E-state index contributed by atoms with van der Waals surface area (Å²) in [5, 5.41) is 3.03. The molecule has 5 heteroatoms. The highest BCUT2D eigenvalue weighted by Gasteiger charge is 2.16. The first-order valence-corrected chi connectivity index (χ1v) is 8.38. The Kier molecular flexibility index (Phi) is 5.66. The molecule has 1 amide bonds. The molecule has 26 heavy (non-hydrogen) atoms. The van der Waals surface area contributed by atoms with Crippen LogP contribution < -0.4 is 5.32 Å². The third-order valence-electron chi connectivity index (χ3n) is 3.71. The summed E-state index contributed by atoms with van der Waals surface area (Å²) in [4.78, 5) is 24.8. The Morgan fingerprint density at radius 2 is 1.54 bits per heavy atom. The van der Waals surface area contributed by atoms with E-state index in [0.717, 1.165) is 5.56 Å². The van der Waals surface area contributed by atoms with Gasteiger partial charge in [-0.1, -0.05) is 72.3 Å². The zero-order valence-electron chi connectivity index (χ0n) is 13.8. The molecule has 0 saturated carbocycles. The SMILES string of the molecule is O=C(Nc1ccc(Cl)cc1C(=O)c1ccccc1)OCc1ccccc1. The minimum Gasteiger partial charge on any atom is -0.444 e. The molecule has 4 nitrogen and oxygen atoms in total. The van der Waals surface area contributed by atoms with Crippen molar-refractivity contribution in [1.29, 1.82) is 0 Å². The quantitative estimate of drug-likeness (QED) is 0.622. The minimum atomic E-state index is -0.640. The molecule has 3 rings (SSSR count). The van der Waals surface area contributed by atoms with Gasteiger partial charge in [-0.05, 0) is 23.8 Å². The summed E-state index contributed by atoms with van der Waals surface area (Å²) in [6, 6.07) is 22.9. The fourth-order valence-corrected chi connectivity index (χ4v) is 2.60. The summed E-state index contributed by atoms with van der Waals surface area (Å²) in [6.45, 7) is 0.141. The van der Waals surface area contributed by atoms with Crippen LogP contribution >= 0.6 is 11.6 Å². The van der Waals surface area contributed by atoms with Crippen molar-refractivity contribution in [1.82, 2.24) is 0 Å². The van der Waals surface area contributed by atoms with Crippen molar-refractivity contribution in [3.8, 4) is 0 Å². The van der Waals surface area contributed by atoms with E-state index >= 15 is 0 Å². The lowest BCUT2D eigenvalue weighted by Crippen LogP contribution is -2.16. The lowest BCUT2D eigenvalue weighted by Gasteiger charge is -2.11. The van der Waals surface area contributed by atoms with Crippen LogP contribution in [-0.2, 0) is 11.3 Å². The normalized spacial score (nSPS) is 10.2. The first-order chi connectivity index (χ1) is 12.6. The third-order valence-corrected chi connectivity index (χ3v) is 3.95. The molecule has 0 fully saturated rings. The van der Waals surface area contributed by atoms with Gasteiger partial charge in [0.05, 0.1) is 5.69 Å². The smallest absolute Gasteiger partial charge is 0.411 e. The molecule has 1 N–H and O–H groups in total. The van der Waals surface area contributed by atoms with Gasteiger partial charge in [-0.25, -0.2) is 4.79 Å². The average molecular weight is 366 g/mol. The number of carbonyl (C=O) groups is 2. The predicted molar refractivity (Wildman–Crippen MR) is 102 cm³/mol. The summed E-state index contributed by atoms with van der Waals surface area (Å²) in [5.41, 5.74) is 2.04. The molecule has 3 aromatic carbocycles. The van der Waals surface area contributed by atoms with Crippen LogP contribution in [0.2, 0.25) is 5.02 Å². The molecule has 0 spiro atoms. The molecule has 0 aromatic heterocycles. The van der Waals surface area contributed by atoms with Gasteiger partial charge >= 0.3 is 6.09 Å². The second-order valence-corrected chi connectivity index (χ2v) is 6.01. The van der Waals surface area contributed by atoms with Gasteiger partial charge in [-0.2, -0.15) is 0 Å². The Hall–Kier alpha value is -3.11. The van der Waals surface area contributed by atoms with Gasteiger partial charge in [0, 0.05) is 16.1 Å². The van der Waals surface area contributed by atoms with Crippen LogP contribution in [0.1, 0.15) is 21.5 Å². The van der Waals surface area contributed by atoms with Gasteiger partial charge in [0.15, 0.2) is 5.78 Å². The van der Waals surface area contributed by atoms with Crippen molar-refractivity contribution < 1.29 is 14.3 Å². The van der Waals surface area contributed by atoms with Gasteiger partial charge in [-0.3, -0.25) is 10.1 Å². The number of halogens is 1. The molecular formula is C21H16ClNO3. The highest BCUT2D eigenvalue weighted by atomic mass is 35.5. The number of ether oxygens (including phenoxy) is 1. The van der Waals surface area contributed by atoms with E-state index in [-0.39, 0.29) is 12.4 Å². The molecule has 0 unspecified atom stereocenters. The summed E-state index contributed by atoms with van der Waals surface area (Å²) in [7, 11) is 0. The lowest BCUT2D eigenvalue weighted by molar-refractivity contribution is 0.103. The third kappa shape index (κ3) is 4.49. The topological polar surface area (TPSA) is 55.4 Å². The maximum absolute atomic E-state index is 12.7. The lowest BCUT2D eigenvalue weighted by atomic mass is 10.0. The van der Waals surface area contributed by atoms with E-state index < -0.39 is 6.09 Å². The van der Waals surface area contributed by atoms with Crippen molar-refractivity contribution in [3.63, 3.8) is 0 Å². The number of amides is 1. The number of carbonyl (C=O) groups excluding carboxylic acids is 2. The van der Waals surface area contributed by atoms with E-state index in [1.165, 1.54) is 6.07 Å². The Morgan fingerprint density at radius 3 is 2.23 bits per heavy atom. The first-order valence-electron chi connectivity index (χ1n) is 8.00. The number of nitrogens with one attached hydrogen (secondary N) is 1. The van der Waals surface area contributed by atoms with E-state index in [2.05, 4.69) is 5.32 Å². The van der Waals surface area contributed by atoms with Gasteiger partial charge in [0.2, 0.25) is 0 Å². The van der Waals surface area contributed by atoms with Crippen LogP contribution in [0.5, 0.6) is 0 Å². The number of anilines is 1. The molecular weight excluding hydrogens is 350 g/mol. The molecule has 0 aliphatic carbocycles. The summed E-state index contributed by atoms with van der Waals surface area (Å²) < 4.78 is 5.21. The van der Waals surface area contributed by atoms with E-state index in [9.17, 15) is 9.59 Å². The van der Waals surface area contributed by atoms with Crippen LogP contribution in [0, 0.1) is 0 Å². The number of rotatable bonds is 5. The van der Waals surface area contributed by atoms with E-state index in [1.54, 1.807) is 36.4 Å². The number of hydrogen-bond donors (Lipinski definition) is 1. The van der Waals surface area contributed by atoms with E-state index in [1.807, 2.05) is 36.4 Å². The summed E-state index contributed by atoms with van der Waals surface area (Å²) in [6.07, 6.45) is -0.640. The maximum atomic E-state index is 12.7. The van der Waals surface area contributed by atoms with E-state index in [0.29, 0.717) is 21.8 Å². The molecule has 0 atom stereocenters. The van der Waals surface area contributed by atoms with Gasteiger partial charge in [0.1, 0.15) is 6.61 Å². The number of benzene rings is 3. The molecule has 0 bridgehead atoms. The van der Waals surface area contributed by atoms with Gasteiger partial charge < -0.3 is 4.74 Å². The predicted octanol–water partition coefficient (Wildman–Crippen LogP) is 5.32. The zero-order valence-corrected chi connectivity index (χ0v) is 14.6. The fourth-order valence-electron chi connectivity index (χ4n) is 2.43. The highest BCUT2D eigenvalue weighted by Crippen LogP contribution is 2.24. The molecule has 0 aliphatic heterocycles. The minimum absolute atomic E-state index is 0.141. The standard InChI is InChI=1S/C21H16ClNO3/c22-17-11-12-19(18(13-17)20(24)16-9-5-2-6-10-16)23-21(25)26-14-15-7-3-1-4-8-15/h1-13H,14H2,(H,23,25). The summed E-state index contributed by atoms with van der Waals surface area (Å²) >= 11 is 6.03. The van der Waals surface area contributed by atoms with Crippen molar-refractivity contribution in [2.24, 2.45) is 0 Å². The molecule has 0 heterocycles. The molecule has 3 aromatic rings. The largest absolute Gasteiger partial charge is 0.444 e. The van der Waals surface area contributed by atoms with Crippen LogP contribution in [0.15, 0.2) is 78.9 Å². The first kappa shape index (κ1) is 17.7. The molecule has 0 aliphatic rings. The van der Waals surface area contributed by atoms with E-state index in [4.69, 9.17) is 16.3 Å². The maximum Gasteiger partial charge on any atom is 0.411 e. The van der Waals surface area contributed by atoms with Gasteiger partial charge in [-0.15, -0.1) is 0 Å². The van der Waals surface area contributed by atoms with Crippen LogP contribution in [0.4, 0.5) is 10.5 Å². The summed E-state index contributed by atoms with van der Waals surface area (Å²) in [5.74, 6) is -0.230. The van der Waals surface area contributed by atoms with Crippen LogP contribution in [0.3, 0.4) is 0 Å².